The number of likely N-dealkylation sites (tertiary alicyclic amines) is 1. The van der Waals surface area contributed by atoms with Crippen molar-refractivity contribution in [3.63, 3.8) is 0 Å². The van der Waals surface area contributed by atoms with Crippen LogP contribution >= 0.6 is 0 Å². The van der Waals surface area contributed by atoms with Crippen LogP contribution in [0, 0.1) is 0 Å². The Balaban J connectivity index is 1.55. The minimum atomic E-state index is -0.423. The fourth-order valence-corrected chi connectivity index (χ4v) is 3.96. The molecule has 0 bridgehead atoms. The largest absolute Gasteiger partial charge is 0.338 e. The van der Waals surface area contributed by atoms with Crippen LogP contribution in [-0.2, 0) is 18.9 Å². The first-order valence-corrected chi connectivity index (χ1v) is 10.00. The summed E-state index contributed by atoms with van der Waals surface area (Å²) in [6.45, 7) is 2.52. The van der Waals surface area contributed by atoms with E-state index in [1.165, 1.54) is 18.5 Å². The molecular weight excluding hydrogens is 398 g/mol. The fourth-order valence-electron chi connectivity index (χ4n) is 3.96. The highest BCUT2D eigenvalue weighted by atomic mass is 16.2. The second-order valence-corrected chi connectivity index (χ2v) is 7.81. The Morgan fingerprint density at radius 3 is 2.42 bits per heavy atom. The molecule has 4 rings (SSSR count). The van der Waals surface area contributed by atoms with Gasteiger partial charge in [0.05, 0.1) is 5.39 Å². The number of pyridine rings is 1. The second-order valence-electron chi connectivity index (χ2n) is 7.81. The molecule has 3 aromatic rings. The van der Waals surface area contributed by atoms with E-state index in [-0.39, 0.29) is 23.3 Å². The van der Waals surface area contributed by atoms with Gasteiger partial charge in [-0.15, -0.1) is 0 Å². The Bertz CT molecular complexity index is 1310. The van der Waals surface area contributed by atoms with Crippen LogP contribution in [0.25, 0.3) is 11.0 Å². The minimum Gasteiger partial charge on any atom is -0.338 e. The summed E-state index contributed by atoms with van der Waals surface area (Å²) in [6, 6.07) is 10.3. The topological polar surface area (TPSA) is 106 Å². The van der Waals surface area contributed by atoms with E-state index in [0.29, 0.717) is 35.4 Å². The van der Waals surface area contributed by atoms with Gasteiger partial charge in [0.25, 0.3) is 11.5 Å². The zero-order valence-electron chi connectivity index (χ0n) is 17.6. The van der Waals surface area contributed by atoms with Crippen molar-refractivity contribution in [3.05, 3.63) is 68.5 Å². The van der Waals surface area contributed by atoms with Gasteiger partial charge in [-0.05, 0) is 42.8 Å². The number of benzene rings is 1. The van der Waals surface area contributed by atoms with E-state index >= 15 is 0 Å². The van der Waals surface area contributed by atoms with Crippen LogP contribution in [0.5, 0.6) is 0 Å². The molecule has 0 aliphatic carbocycles. The van der Waals surface area contributed by atoms with Gasteiger partial charge >= 0.3 is 5.69 Å². The van der Waals surface area contributed by atoms with Crippen molar-refractivity contribution in [1.82, 2.24) is 19.0 Å². The monoisotopic (exact) mass is 421 g/mol. The number of carbonyl (C=O) groups is 2. The van der Waals surface area contributed by atoms with Gasteiger partial charge in [0.15, 0.2) is 0 Å². The zero-order chi connectivity index (χ0) is 22.3. The van der Waals surface area contributed by atoms with Gasteiger partial charge in [0.2, 0.25) is 5.91 Å². The molecule has 160 valence electrons. The number of fused-ring (bicyclic) bond motifs is 1. The average Bonchev–Trinajstić information content (AvgIpc) is 3.26. The predicted octanol–water partition coefficient (Wildman–Crippen LogP) is 1.22. The van der Waals surface area contributed by atoms with Gasteiger partial charge < -0.3 is 10.2 Å². The lowest BCUT2D eigenvalue weighted by Crippen LogP contribution is -2.37. The second kappa shape index (κ2) is 7.82. The molecule has 1 N–H and O–H groups in total. The summed E-state index contributed by atoms with van der Waals surface area (Å²) in [6.07, 6.45) is 0.743. The van der Waals surface area contributed by atoms with Crippen LogP contribution in [0.3, 0.4) is 0 Å². The third-order valence-electron chi connectivity index (χ3n) is 5.67. The number of hydrogen-bond acceptors (Lipinski definition) is 5. The third-order valence-corrected chi connectivity index (χ3v) is 5.67. The van der Waals surface area contributed by atoms with Crippen molar-refractivity contribution in [2.45, 2.75) is 19.3 Å². The number of rotatable bonds is 3. The van der Waals surface area contributed by atoms with Crippen molar-refractivity contribution < 1.29 is 9.59 Å². The summed E-state index contributed by atoms with van der Waals surface area (Å²) in [4.78, 5) is 55.0. The fraction of sp³-hybridized carbons (Fsp3) is 0.318. The Kier molecular flexibility index (Phi) is 5.18. The average molecular weight is 421 g/mol. The third kappa shape index (κ3) is 3.74. The minimum absolute atomic E-state index is 0.0196. The van der Waals surface area contributed by atoms with Crippen LogP contribution in [0.2, 0.25) is 0 Å². The number of nitrogens with one attached hydrogen (secondary N) is 1. The molecule has 1 atom stereocenters. The van der Waals surface area contributed by atoms with Crippen LogP contribution in [0.4, 0.5) is 5.69 Å². The van der Waals surface area contributed by atoms with Crippen LogP contribution in [0.15, 0.2) is 46.0 Å². The van der Waals surface area contributed by atoms with E-state index in [4.69, 9.17) is 0 Å². The smallest absolute Gasteiger partial charge is 0.332 e. The quantitative estimate of drug-likeness (QED) is 0.684. The van der Waals surface area contributed by atoms with E-state index in [1.807, 2.05) is 0 Å². The van der Waals surface area contributed by atoms with Crippen molar-refractivity contribution in [1.29, 1.82) is 0 Å². The van der Waals surface area contributed by atoms with E-state index in [9.17, 15) is 19.2 Å². The van der Waals surface area contributed by atoms with Crippen molar-refractivity contribution in [2.75, 3.05) is 18.4 Å². The molecule has 1 fully saturated rings. The maximum absolute atomic E-state index is 12.9. The molecule has 9 heteroatoms. The maximum Gasteiger partial charge on any atom is 0.332 e. The summed E-state index contributed by atoms with van der Waals surface area (Å²) >= 11 is 0. The van der Waals surface area contributed by atoms with E-state index in [1.54, 1.807) is 48.3 Å². The SMILES string of the molecule is CC(=O)Nc1ccc(C(=O)N2CC[C@H](c3ccc4c(=O)n(C)c(=O)n(C)c4n3)C2)cc1. The van der Waals surface area contributed by atoms with E-state index in [2.05, 4.69) is 10.3 Å². The summed E-state index contributed by atoms with van der Waals surface area (Å²) in [5.41, 5.74) is 1.50. The first-order chi connectivity index (χ1) is 14.8. The van der Waals surface area contributed by atoms with Crippen molar-refractivity contribution >= 4 is 28.5 Å². The molecule has 2 aromatic heterocycles. The first kappa shape index (κ1) is 20.5. The Hall–Kier alpha value is -3.75. The zero-order valence-corrected chi connectivity index (χ0v) is 17.6. The van der Waals surface area contributed by atoms with Gasteiger partial charge in [-0.1, -0.05) is 0 Å². The lowest BCUT2D eigenvalue weighted by molar-refractivity contribution is -0.114. The van der Waals surface area contributed by atoms with E-state index < -0.39 is 5.69 Å². The highest BCUT2D eigenvalue weighted by Crippen LogP contribution is 2.28. The van der Waals surface area contributed by atoms with Crippen LogP contribution in [0.1, 0.15) is 35.3 Å². The van der Waals surface area contributed by atoms with Gasteiger partial charge in [-0.25, -0.2) is 9.78 Å². The molecule has 3 heterocycles. The van der Waals surface area contributed by atoms with Crippen LogP contribution in [-0.4, -0.2) is 43.9 Å². The molecule has 0 unspecified atom stereocenters. The molecule has 9 nitrogen and oxygen atoms in total. The molecule has 1 saturated heterocycles. The number of nitrogens with zero attached hydrogens (tertiary/aromatic N) is 4. The number of aryl methyl sites for hydroxylation is 1. The molecule has 0 saturated carbocycles. The van der Waals surface area contributed by atoms with Crippen LogP contribution < -0.4 is 16.6 Å². The molecule has 31 heavy (non-hydrogen) atoms. The number of amides is 2. The summed E-state index contributed by atoms with van der Waals surface area (Å²) < 4.78 is 2.44. The highest BCUT2D eigenvalue weighted by Gasteiger charge is 2.29. The van der Waals surface area contributed by atoms with Gasteiger partial charge in [0, 0.05) is 57.0 Å². The van der Waals surface area contributed by atoms with E-state index in [0.717, 1.165) is 16.7 Å². The van der Waals surface area contributed by atoms with Gasteiger partial charge in [-0.2, -0.15) is 0 Å². The Morgan fingerprint density at radius 2 is 1.74 bits per heavy atom. The van der Waals surface area contributed by atoms with Crippen molar-refractivity contribution in [3.8, 4) is 0 Å². The number of carbonyl (C=O) groups excluding carboxylic acids is 2. The van der Waals surface area contributed by atoms with Gasteiger partial charge in [0.1, 0.15) is 5.65 Å². The standard InChI is InChI=1S/C22H23N5O4/c1-13(28)23-16-6-4-14(5-7-16)20(29)27-11-10-15(12-27)18-9-8-17-19(24-18)25(2)22(31)26(3)21(17)30/h4-9,15H,10-12H2,1-3H3,(H,23,28)/t15-/m0/s1. The highest BCUT2D eigenvalue weighted by molar-refractivity contribution is 5.95. The lowest BCUT2D eigenvalue weighted by Gasteiger charge is -2.17. The molecular formula is C22H23N5O4. The molecule has 2 amide bonds. The summed E-state index contributed by atoms with van der Waals surface area (Å²) in [7, 11) is 3.04. The molecule has 1 aliphatic heterocycles. The van der Waals surface area contributed by atoms with Crippen molar-refractivity contribution in [2.24, 2.45) is 14.1 Å². The number of hydrogen-bond donors (Lipinski definition) is 1. The maximum atomic E-state index is 12.9. The number of anilines is 1. The predicted molar refractivity (Wildman–Crippen MR) is 116 cm³/mol. The molecule has 1 aliphatic rings. The molecule has 0 radical (unpaired) electrons. The lowest BCUT2D eigenvalue weighted by atomic mass is 10.0. The normalized spacial score (nSPS) is 16.0. The molecule has 1 aromatic carbocycles. The molecule has 0 spiro atoms. The summed E-state index contributed by atoms with van der Waals surface area (Å²) in [5, 5.41) is 3.07. The first-order valence-electron chi connectivity index (χ1n) is 10.00. The van der Waals surface area contributed by atoms with Gasteiger partial charge in [-0.3, -0.25) is 23.5 Å². The summed E-state index contributed by atoms with van der Waals surface area (Å²) in [5.74, 6) is -0.232. The Morgan fingerprint density at radius 1 is 1.03 bits per heavy atom. The number of aromatic nitrogens is 3. The Labute approximate surface area is 177 Å².